The zero-order valence-electron chi connectivity index (χ0n) is 6.28. The molecule has 0 rings (SSSR count). The molecule has 0 aliphatic heterocycles. The highest BCUT2D eigenvalue weighted by molar-refractivity contribution is 5.67. The summed E-state index contributed by atoms with van der Waals surface area (Å²) in [5.41, 5.74) is 0. The molecule has 0 unspecified atom stereocenters. The lowest BCUT2D eigenvalue weighted by molar-refractivity contribution is -0.123. The third-order valence-electron chi connectivity index (χ3n) is 0.811. The van der Waals surface area contributed by atoms with Crippen LogP contribution in [0.1, 0.15) is 6.42 Å². The van der Waals surface area contributed by atoms with Crippen molar-refractivity contribution in [3.63, 3.8) is 0 Å². The molecule has 0 saturated heterocycles. The molecule has 0 aromatic carbocycles. The molecule has 0 aromatic heterocycles. The summed E-state index contributed by atoms with van der Waals surface area (Å²) in [6.45, 7) is 1.98. The van der Waals surface area contributed by atoms with E-state index < -0.39 is 18.8 Å². The fourth-order valence-corrected chi connectivity index (χ4v) is 0.388. The Morgan fingerprint density at radius 3 is 2.50 bits per heavy atom. The maximum atomic E-state index is 11.5. The third kappa shape index (κ3) is 7.17. The Morgan fingerprint density at radius 2 is 2.08 bits per heavy atom. The average molecular weight is 184 g/mol. The maximum Gasteiger partial charge on any atom is 0.407 e. The number of rotatable bonds is 3. The van der Waals surface area contributed by atoms with E-state index in [1.165, 1.54) is 0 Å². The van der Waals surface area contributed by atoms with Gasteiger partial charge in [-0.3, -0.25) is 0 Å². The zero-order valence-corrected chi connectivity index (χ0v) is 6.28. The highest BCUT2D eigenvalue weighted by Gasteiger charge is 2.27. The molecule has 0 aromatic rings. The SMILES string of the molecule is [CH2]CCOC(=O)NCC(F)(F)F. The van der Waals surface area contributed by atoms with Crippen LogP contribution in [-0.4, -0.2) is 25.4 Å². The first-order chi connectivity index (χ1) is 5.45. The van der Waals surface area contributed by atoms with E-state index in [4.69, 9.17) is 0 Å². The van der Waals surface area contributed by atoms with Crippen molar-refractivity contribution in [2.75, 3.05) is 13.2 Å². The van der Waals surface area contributed by atoms with Crippen molar-refractivity contribution in [1.29, 1.82) is 0 Å². The molecule has 0 aliphatic rings. The summed E-state index contributed by atoms with van der Waals surface area (Å²) in [4.78, 5) is 10.4. The van der Waals surface area contributed by atoms with Crippen molar-refractivity contribution in [3.05, 3.63) is 6.92 Å². The number of amides is 1. The first-order valence-electron chi connectivity index (χ1n) is 3.22. The van der Waals surface area contributed by atoms with Crippen LogP contribution in [0.25, 0.3) is 0 Å². The molecule has 0 aliphatic carbocycles. The molecule has 0 spiro atoms. The second-order valence-corrected chi connectivity index (χ2v) is 1.96. The van der Waals surface area contributed by atoms with Gasteiger partial charge >= 0.3 is 12.3 Å². The summed E-state index contributed by atoms with van der Waals surface area (Å²) in [6.07, 6.45) is -5.14. The lowest BCUT2D eigenvalue weighted by Gasteiger charge is -2.07. The average Bonchev–Trinajstić information content (AvgIpc) is 1.95. The van der Waals surface area contributed by atoms with E-state index in [1.54, 1.807) is 5.32 Å². The first kappa shape index (κ1) is 11.1. The van der Waals surface area contributed by atoms with Gasteiger partial charge in [0.1, 0.15) is 6.54 Å². The summed E-state index contributed by atoms with van der Waals surface area (Å²) in [6, 6.07) is 0. The van der Waals surface area contributed by atoms with Crippen LogP contribution in [0, 0.1) is 6.92 Å². The van der Waals surface area contributed by atoms with Gasteiger partial charge in [0.15, 0.2) is 0 Å². The van der Waals surface area contributed by atoms with Crippen molar-refractivity contribution in [2.24, 2.45) is 0 Å². The first-order valence-corrected chi connectivity index (χ1v) is 3.22. The summed E-state index contributed by atoms with van der Waals surface area (Å²) < 4.78 is 38.6. The number of hydrogen-bond donors (Lipinski definition) is 1. The van der Waals surface area contributed by atoms with Crippen LogP contribution < -0.4 is 5.32 Å². The largest absolute Gasteiger partial charge is 0.450 e. The quantitative estimate of drug-likeness (QED) is 0.721. The standard InChI is InChI=1S/C6H9F3NO2/c1-2-3-12-5(11)10-4-6(7,8)9/h1-4H2,(H,10,11). The molecule has 1 N–H and O–H groups in total. The van der Waals surface area contributed by atoms with Gasteiger partial charge in [-0.05, 0) is 13.3 Å². The van der Waals surface area contributed by atoms with E-state index >= 15 is 0 Å². The summed E-state index contributed by atoms with van der Waals surface area (Å²) >= 11 is 0. The minimum absolute atomic E-state index is 0.0176. The van der Waals surface area contributed by atoms with E-state index in [1.807, 2.05) is 0 Å². The molecule has 0 atom stereocenters. The maximum absolute atomic E-state index is 11.5. The molecule has 1 amide bonds. The number of nitrogens with one attached hydrogen (secondary N) is 1. The fourth-order valence-electron chi connectivity index (χ4n) is 0.388. The van der Waals surface area contributed by atoms with Gasteiger partial charge < -0.3 is 10.1 Å². The molecule has 3 nitrogen and oxygen atoms in total. The predicted molar refractivity (Wildman–Crippen MR) is 35.4 cm³/mol. The number of ether oxygens (including phenoxy) is 1. The summed E-state index contributed by atoms with van der Waals surface area (Å²) in [7, 11) is 0. The van der Waals surface area contributed by atoms with Gasteiger partial charge in [-0.15, -0.1) is 0 Å². The van der Waals surface area contributed by atoms with Gasteiger partial charge in [0.25, 0.3) is 0 Å². The molecule has 0 heterocycles. The van der Waals surface area contributed by atoms with Crippen LogP contribution in [0.3, 0.4) is 0 Å². The monoisotopic (exact) mass is 184 g/mol. The number of carbonyl (C=O) groups excluding carboxylic acids is 1. The van der Waals surface area contributed by atoms with Crippen LogP contribution in [0.15, 0.2) is 0 Å². The number of carbonyl (C=O) groups is 1. The van der Waals surface area contributed by atoms with Gasteiger partial charge in [-0.1, -0.05) is 0 Å². The predicted octanol–water partition coefficient (Wildman–Crippen LogP) is 1.50. The van der Waals surface area contributed by atoms with Crippen molar-refractivity contribution < 1.29 is 22.7 Å². The van der Waals surface area contributed by atoms with Gasteiger partial charge in [0, 0.05) is 0 Å². The van der Waals surface area contributed by atoms with Gasteiger partial charge in [0.2, 0.25) is 0 Å². The Labute approximate surface area is 67.9 Å². The minimum atomic E-state index is -4.40. The van der Waals surface area contributed by atoms with Crippen molar-refractivity contribution >= 4 is 6.09 Å². The molecule has 0 fully saturated rings. The van der Waals surface area contributed by atoms with Gasteiger partial charge in [-0.2, -0.15) is 13.2 Å². The molecule has 12 heavy (non-hydrogen) atoms. The Hall–Kier alpha value is -0.940. The second-order valence-electron chi connectivity index (χ2n) is 1.96. The van der Waals surface area contributed by atoms with E-state index in [0.29, 0.717) is 6.42 Å². The topological polar surface area (TPSA) is 38.3 Å². The van der Waals surface area contributed by atoms with Crippen molar-refractivity contribution in [2.45, 2.75) is 12.6 Å². The molecular formula is C6H9F3NO2. The fraction of sp³-hybridized carbons (Fsp3) is 0.667. The number of alkyl carbamates (subject to hydrolysis) is 1. The highest BCUT2D eigenvalue weighted by Crippen LogP contribution is 2.11. The van der Waals surface area contributed by atoms with E-state index in [-0.39, 0.29) is 6.61 Å². The van der Waals surface area contributed by atoms with Crippen LogP contribution in [0.5, 0.6) is 0 Å². The summed E-state index contributed by atoms with van der Waals surface area (Å²) in [5, 5.41) is 1.54. The Morgan fingerprint density at radius 1 is 1.50 bits per heavy atom. The molecule has 0 bridgehead atoms. The molecular weight excluding hydrogens is 175 g/mol. The normalized spacial score (nSPS) is 11.0. The van der Waals surface area contributed by atoms with Crippen LogP contribution in [-0.2, 0) is 4.74 Å². The van der Waals surface area contributed by atoms with Gasteiger partial charge in [-0.25, -0.2) is 4.79 Å². The van der Waals surface area contributed by atoms with E-state index in [0.717, 1.165) is 0 Å². The van der Waals surface area contributed by atoms with E-state index in [9.17, 15) is 18.0 Å². The van der Waals surface area contributed by atoms with Crippen LogP contribution in [0.4, 0.5) is 18.0 Å². The van der Waals surface area contributed by atoms with Gasteiger partial charge in [0.05, 0.1) is 6.61 Å². The Kier molecular flexibility index (Phi) is 4.46. The molecule has 71 valence electrons. The smallest absolute Gasteiger partial charge is 0.407 e. The van der Waals surface area contributed by atoms with Crippen LogP contribution in [0.2, 0.25) is 0 Å². The summed E-state index contributed by atoms with van der Waals surface area (Å²) in [5.74, 6) is 0. The van der Waals surface area contributed by atoms with Crippen molar-refractivity contribution in [1.82, 2.24) is 5.32 Å². The number of halogens is 3. The minimum Gasteiger partial charge on any atom is -0.450 e. The zero-order chi connectivity index (χ0) is 9.61. The number of alkyl halides is 3. The molecule has 6 heteroatoms. The van der Waals surface area contributed by atoms with E-state index in [2.05, 4.69) is 11.7 Å². The highest BCUT2D eigenvalue weighted by atomic mass is 19.4. The second kappa shape index (κ2) is 4.84. The molecule has 0 saturated carbocycles. The molecule has 1 radical (unpaired) electrons. The lowest BCUT2D eigenvalue weighted by atomic mass is 10.5. The number of hydrogen-bond acceptors (Lipinski definition) is 2. The van der Waals surface area contributed by atoms with Crippen LogP contribution >= 0.6 is 0 Å². The third-order valence-corrected chi connectivity index (χ3v) is 0.811. The lowest BCUT2D eigenvalue weighted by Crippen LogP contribution is -2.34. The Balaban J connectivity index is 3.44. The van der Waals surface area contributed by atoms with Crippen molar-refractivity contribution in [3.8, 4) is 0 Å². The Bertz CT molecular complexity index is 146.